The summed E-state index contributed by atoms with van der Waals surface area (Å²) >= 11 is 0. The SMILES string of the molecule is Cc1cc(F)ccc1CCNc1cc(=O)[nH]c(C2CC2)n1. The van der Waals surface area contributed by atoms with Crippen LogP contribution in [-0.4, -0.2) is 16.5 Å². The van der Waals surface area contributed by atoms with E-state index in [0.717, 1.165) is 36.2 Å². The van der Waals surface area contributed by atoms with Gasteiger partial charge in [0.05, 0.1) is 0 Å². The molecule has 4 nitrogen and oxygen atoms in total. The number of halogens is 1. The molecular formula is C16H18FN3O. The Morgan fingerprint density at radius 1 is 1.38 bits per heavy atom. The van der Waals surface area contributed by atoms with Crippen LogP contribution in [0, 0.1) is 12.7 Å². The van der Waals surface area contributed by atoms with Crippen LogP contribution in [0.25, 0.3) is 0 Å². The van der Waals surface area contributed by atoms with Crippen LogP contribution in [0.1, 0.15) is 35.7 Å². The highest BCUT2D eigenvalue weighted by molar-refractivity contribution is 5.35. The molecule has 5 heteroatoms. The number of nitrogens with one attached hydrogen (secondary N) is 2. The Morgan fingerprint density at radius 3 is 2.90 bits per heavy atom. The number of anilines is 1. The van der Waals surface area contributed by atoms with Gasteiger partial charge in [0.2, 0.25) is 0 Å². The van der Waals surface area contributed by atoms with E-state index in [-0.39, 0.29) is 11.4 Å². The number of hydrogen-bond acceptors (Lipinski definition) is 3. The Kier molecular flexibility index (Phi) is 3.73. The quantitative estimate of drug-likeness (QED) is 0.889. The van der Waals surface area contributed by atoms with Crippen molar-refractivity contribution in [2.75, 3.05) is 11.9 Å². The van der Waals surface area contributed by atoms with E-state index in [1.807, 2.05) is 6.92 Å². The lowest BCUT2D eigenvalue weighted by Gasteiger charge is -2.09. The number of rotatable bonds is 5. The van der Waals surface area contributed by atoms with Crippen LogP contribution in [0.4, 0.5) is 10.2 Å². The lowest BCUT2D eigenvalue weighted by molar-refractivity contribution is 0.625. The van der Waals surface area contributed by atoms with E-state index in [0.29, 0.717) is 18.3 Å². The van der Waals surface area contributed by atoms with E-state index < -0.39 is 0 Å². The second kappa shape index (κ2) is 5.68. The third kappa shape index (κ3) is 3.48. The van der Waals surface area contributed by atoms with Gasteiger partial charge in [-0.3, -0.25) is 4.79 Å². The predicted octanol–water partition coefficient (Wildman–Crippen LogP) is 2.75. The van der Waals surface area contributed by atoms with Crippen molar-refractivity contribution >= 4 is 5.82 Å². The Labute approximate surface area is 122 Å². The molecule has 1 fully saturated rings. The summed E-state index contributed by atoms with van der Waals surface area (Å²) < 4.78 is 13.0. The van der Waals surface area contributed by atoms with E-state index >= 15 is 0 Å². The second-order valence-corrected chi connectivity index (χ2v) is 5.54. The maximum absolute atomic E-state index is 13.0. The number of hydrogen-bond donors (Lipinski definition) is 2. The summed E-state index contributed by atoms with van der Waals surface area (Å²) in [5.74, 6) is 1.59. The molecule has 1 aliphatic carbocycles. The minimum atomic E-state index is -0.213. The molecule has 21 heavy (non-hydrogen) atoms. The molecule has 1 aromatic carbocycles. The van der Waals surface area contributed by atoms with Gasteiger partial charge in [-0.25, -0.2) is 9.37 Å². The summed E-state index contributed by atoms with van der Waals surface area (Å²) in [4.78, 5) is 18.8. The van der Waals surface area contributed by atoms with E-state index in [1.165, 1.54) is 18.2 Å². The van der Waals surface area contributed by atoms with E-state index in [2.05, 4.69) is 15.3 Å². The highest BCUT2D eigenvalue weighted by atomic mass is 19.1. The van der Waals surface area contributed by atoms with Crippen LogP contribution in [0.5, 0.6) is 0 Å². The fourth-order valence-electron chi connectivity index (χ4n) is 2.38. The Bertz CT molecular complexity index is 707. The standard InChI is InChI=1S/C16H18FN3O/c1-10-8-13(17)5-4-11(10)6-7-18-14-9-15(21)20-16(19-14)12-2-3-12/h4-5,8-9,12H,2-3,6-7H2,1H3,(H2,18,19,20,21). The minimum absolute atomic E-state index is 0.118. The number of benzene rings is 1. The third-order valence-corrected chi connectivity index (χ3v) is 3.73. The molecular weight excluding hydrogens is 269 g/mol. The first-order valence-corrected chi connectivity index (χ1v) is 7.22. The van der Waals surface area contributed by atoms with Gasteiger partial charge in [0.25, 0.3) is 5.56 Å². The highest BCUT2D eigenvalue weighted by Gasteiger charge is 2.26. The third-order valence-electron chi connectivity index (χ3n) is 3.73. The molecule has 1 aromatic heterocycles. The number of aryl methyl sites for hydroxylation is 1. The molecule has 1 aliphatic rings. The van der Waals surface area contributed by atoms with Crippen molar-refractivity contribution in [1.29, 1.82) is 0 Å². The van der Waals surface area contributed by atoms with Crippen molar-refractivity contribution in [2.24, 2.45) is 0 Å². The van der Waals surface area contributed by atoms with E-state index in [9.17, 15) is 9.18 Å². The van der Waals surface area contributed by atoms with Crippen LogP contribution in [-0.2, 0) is 6.42 Å². The molecule has 0 spiro atoms. The van der Waals surface area contributed by atoms with Crippen molar-refractivity contribution in [2.45, 2.75) is 32.1 Å². The van der Waals surface area contributed by atoms with E-state index in [1.54, 1.807) is 6.07 Å². The zero-order valence-electron chi connectivity index (χ0n) is 11.9. The van der Waals surface area contributed by atoms with Gasteiger partial charge >= 0.3 is 0 Å². The lowest BCUT2D eigenvalue weighted by atomic mass is 10.1. The molecule has 3 rings (SSSR count). The van der Waals surface area contributed by atoms with Gasteiger partial charge in [-0.2, -0.15) is 0 Å². The van der Waals surface area contributed by atoms with Crippen molar-refractivity contribution in [3.8, 4) is 0 Å². The van der Waals surface area contributed by atoms with Gasteiger partial charge in [-0.05, 0) is 49.4 Å². The number of H-pyrrole nitrogens is 1. The molecule has 0 aliphatic heterocycles. The average molecular weight is 287 g/mol. The number of nitrogens with zero attached hydrogens (tertiary/aromatic N) is 1. The molecule has 2 aromatic rings. The zero-order chi connectivity index (χ0) is 14.8. The van der Waals surface area contributed by atoms with Crippen LogP contribution in [0.15, 0.2) is 29.1 Å². The molecule has 0 unspecified atom stereocenters. The van der Waals surface area contributed by atoms with Gasteiger partial charge in [-0.15, -0.1) is 0 Å². The fraction of sp³-hybridized carbons (Fsp3) is 0.375. The van der Waals surface area contributed by atoms with Crippen LogP contribution in [0.3, 0.4) is 0 Å². The topological polar surface area (TPSA) is 57.8 Å². The molecule has 0 atom stereocenters. The van der Waals surface area contributed by atoms with Gasteiger partial charge in [0.1, 0.15) is 17.5 Å². The van der Waals surface area contributed by atoms with Crippen LogP contribution < -0.4 is 10.9 Å². The van der Waals surface area contributed by atoms with Crippen LogP contribution >= 0.6 is 0 Å². The van der Waals surface area contributed by atoms with Gasteiger partial charge in [-0.1, -0.05) is 6.07 Å². The maximum atomic E-state index is 13.0. The number of aromatic nitrogens is 2. The predicted molar refractivity (Wildman–Crippen MR) is 80.2 cm³/mol. The summed E-state index contributed by atoms with van der Waals surface area (Å²) in [5, 5.41) is 3.17. The lowest BCUT2D eigenvalue weighted by Crippen LogP contribution is -2.15. The molecule has 1 saturated carbocycles. The van der Waals surface area contributed by atoms with E-state index in [4.69, 9.17) is 0 Å². The molecule has 0 bridgehead atoms. The molecule has 110 valence electrons. The molecule has 1 heterocycles. The summed E-state index contributed by atoms with van der Waals surface area (Å²) in [6.07, 6.45) is 2.96. The zero-order valence-corrected chi connectivity index (χ0v) is 11.9. The minimum Gasteiger partial charge on any atom is -0.370 e. The van der Waals surface area contributed by atoms with Crippen molar-refractivity contribution < 1.29 is 4.39 Å². The molecule has 2 N–H and O–H groups in total. The Morgan fingerprint density at radius 2 is 2.19 bits per heavy atom. The summed E-state index contributed by atoms with van der Waals surface area (Å²) in [7, 11) is 0. The van der Waals surface area contributed by atoms with Crippen molar-refractivity contribution in [3.05, 3.63) is 57.4 Å². The van der Waals surface area contributed by atoms with Gasteiger partial charge < -0.3 is 10.3 Å². The summed E-state index contributed by atoms with van der Waals surface area (Å²) in [6.45, 7) is 2.56. The molecule has 0 amide bonds. The highest BCUT2D eigenvalue weighted by Crippen LogP contribution is 2.37. The van der Waals surface area contributed by atoms with Gasteiger partial charge in [0, 0.05) is 18.5 Å². The first-order valence-electron chi connectivity index (χ1n) is 7.22. The maximum Gasteiger partial charge on any atom is 0.252 e. The normalized spacial score (nSPS) is 14.2. The second-order valence-electron chi connectivity index (χ2n) is 5.54. The Hall–Kier alpha value is -2.17. The monoisotopic (exact) mass is 287 g/mol. The average Bonchev–Trinajstić information content (AvgIpc) is 3.25. The molecule has 0 saturated heterocycles. The van der Waals surface area contributed by atoms with Crippen molar-refractivity contribution in [1.82, 2.24) is 9.97 Å². The summed E-state index contributed by atoms with van der Waals surface area (Å²) in [5.41, 5.74) is 1.91. The van der Waals surface area contributed by atoms with Crippen LogP contribution in [0.2, 0.25) is 0 Å². The molecule has 0 radical (unpaired) electrons. The Balaban J connectivity index is 1.63. The largest absolute Gasteiger partial charge is 0.370 e. The summed E-state index contributed by atoms with van der Waals surface area (Å²) in [6, 6.07) is 6.28. The van der Waals surface area contributed by atoms with Gasteiger partial charge in [0.15, 0.2) is 0 Å². The first kappa shape index (κ1) is 13.8. The number of aromatic amines is 1. The fourth-order valence-corrected chi connectivity index (χ4v) is 2.38. The smallest absolute Gasteiger partial charge is 0.252 e. The van der Waals surface area contributed by atoms with Crippen molar-refractivity contribution in [3.63, 3.8) is 0 Å². The first-order chi connectivity index (χ1) is 10.1.